The molecule has 0 spiro atoms. The number of aromatic nitrogens is 2. The van der Waals surface area contributed by atoms with Gasteiger partial charge in [-0.05, 0) is 48.8 Å². The number of nitrogens with zero attached hydrogens (tertiary/aromatic N) is 2. The Morgan fingerprint density at radius 3 is 1.76 bits per heavy atom. The second kappa shape index (κ2) is 21.4. The Hall–Kier alpha value is -3.27. The van der Waals surface area contributed by atoms with Crippen LogP contribution in [-0.4, -0.2) is 15.3 Å². The number of benzene rings is 2. The smallest absolute Gasteiger partial charge is 0.257 e. The summed E-state index contributed by atoms with van der Waals surface area (Å²) in [5, 5.41) is 0. The Morgan fingerprint density at radius 1 is 0.857 bits per heavy atom. The maximum Gasteiger partial charge on any atom is 0.257 e. The zero-order valence-electron chi connectivity index (χ0n) is 28.5. The van der Waals surface area contributed by atoms with Crippen LogP contribution in [0.2, 0.25) is 0 Å². The molecular weight excluding hydrogens is 516 g/mol. The number of rotatable bonds is 10. The van der Waals surface area contributed by atoms with Crippen molar-refractivity contribution in [2.24, 2.45) is 5.41 Å². The molecule has 232 valence electrons. The molecule has 0 aliphatic carbocycles. The second-order valence-corrected chi connectivity index (χ2v) is 11.0. The van der Waals surface area contributed by atoms with Gasteiger partial charge in [-0.2, -0.15) is 0 Å². The van der Waals surface area contributed by atoms with Gasteiger partial charge in [0, 0.05) is 12.0 Å². The number of carbonyl (C=O) groups is 1. The fourth-order valence-electron chi connectivity index (χ4n) is 4.36. The molecule has 4 heteroatoms. The average molecular weight is 575 g/mol. The lowest BCUT2D eigenvalue weighted by molar-refractivity contribution is -0.114. The van der Waals surface area contributed by atoms with Gasteiger partial charge in [-0.25, -0.2) is 4.98 Å². The van der Waals surface area contributed by atoms with E-state index in [1.807, 2.05) is 81.7 Å². The van der Waals surface area contributed by atoms with Gasteiger partial charge in [0.25, 0.3) is 5.56 Å². The molecule has 0 atom stereocenters. The third-order valence-corrected chi connectivity index (χ3v) is 6.07. The maximum absolute atomic E-state index is 13.9. The topological polar surface area (TPSA) is 52.0 Å². The average Bonchev–Trinajstić information content (AvgIpc) is 2.99. The van der Waals surface area contributed by atoms with Crippen molar-refractivity contribution in [2.45, 2.75) is 121 Å². The summed E-state index contributed by atoms with van der Waals surface area (Å²) in [5.41, 5.74) is 3.72. The van der Waals surface area contributed by atoms with E-state index in [9.17, 15) is 9.59 Å². The van der Waals surface area contributed by atoms with E-state index < -0.39 is 0 Å². The molecular formula is C38H58N2O2. The molecule has 0 N–H and O–H groups in total. The Balaban J connectivity index is 0.00000221. The van der Waals surface area contributed by atoms with Gasteiger partial charge < -0.3 is 0 Å². The summed E-state index contributed by atoms with van der Waals surface area (Å²) < 4.78 is 1.84. The van der Waals surface area contributed by atoms with Crippen LogP contribution < -0.4 is 5.56 Å². The van der Waals surface area contributed by atoms with E-state index in [0.29, 0.717) is 31.5 Å². The predicted molar refractivity (Wildman–Crippen MR) is 183 cm³/mol. The van der Waals surface area contributed by atoms with Crippen molar-refractivity contribution in [1.82, 2.24) is 9.55 Å². The molecule has 2 aromatic carbocycles. The summed E-state index contributed by atoms with van der Waals surface area (Å²) in [5.74, 6) is 0.816. The van der Waals surface area contributed by atoms with Crippen molar-refractivity contribution < 1.29 is 4.79 Å². The number of ketones is 1. The molecule has 3 rings (SSSR count). The van der Waals surface area contributed by atoms with E-state index in [1.54, 1.807) is 6.08 Å². The van der Waals surface area contributed by atoms with Crippen LogP contribution in [-0.2, 0) is 17.6 Å². The van der Waals surface area contributed by atoms with E-state index in [4.69, 9.17) is 4.98 Å². The van der Waals surface area contributed by atoms with Crippen molar-refractivity contribution in [3.05, 3.63) is 111 Å². The third-order valence-electron chi connectivity index (χ3n) is 6.07. The van der Waals surface area contributed by atoms with Crippen molar-refractivity contribution in [3.63, 3.8) is 0 Å². The normalized spacial score (nSPS) is 10.7. The van der Waals surface area contributed by atoms with Gasteiger partial charge in [0.2, 0.25) is 0 Å². The third kappa shape index (κ3) is 13.1. The van der Waals surface area contributed by atoms with E-state index in [0.717, 1.165) is 28.8 Å². The van der Waals surface area contributed by atoms with Crippen molar-refractivity contribution in [1.29, 1.82) is 0 Å². The Labute approximate surface area is 257 Å². The van der Waals surface area contributed by atoms with Gasteiger partial charge in [-0.3, -0.25) is 14.2 Å². The molecule has 3 aromatic rings. The monoisotopic (exact) mass is 574 g/mol. The molecule has 1 heterocycles. The molecule has 0 aliphatic rings. The highest BCUT2D eigenvalue weighted by Crippen LogP contribution is 2.27. The summed E-state index contributed by atoms with van der Waals surface area (Å²) in [6, 6.07) is 20.0. The first-order valence-electron chi connectivity index (χ1n) is 16.1. The molecule has 4 nitrogen and oxygen atoms in total. The summed E-state index contributed by atoms with van der Waals surface area (Å²) in [6.45, 7) is 22.5. The van der Waals surface area contributed by atoms with Crippen LogP contribution in [0.4, 0.5) is 0 Å². The maximum atomic E-state index is 13.9. The second-order valence-electron chi connectivity index (χ2n) is 11.0. The van der Waals surface area contributed by atoms with Crippen LogP contribution in [0.3, 0.4) is 0 Å². The highest BCUT2D eigenvalue weighted by atomic mass is 16.1. The summed E-state index contributed by atoms with van der Waals surface area (Å²) >= 11 is 0. The van der Waals surface area contributed by atoms with Gasteiger partial charge in [0.15, 0.2) is 5.78 Å². The van der Waals surface area contributed by atoms with Gasteiger partial charge >= 0.3 is 0 Å². The van der Waals surface area contributed by atoms with Gasteiger partial charge in [-0.1, -0.05) is 149 Å². The lowest BCUT2D eigenvalue weighted by Gasteiger charge is -2.24. The highest BCUT2D eigenvalue weighted by molar-refractivity contribution is 5.89. The molecule has 0 aliphatic heterocycles. The minimum absolute atomic E-state index is 0.0127. The van der Waals surface area contributed by atoms with E-state index in [1.165, 1.54) is 6.42 Å². The molecule has 42 heavy (non-hydrogen) atoms. The Morgan fingerprint density at radius 2 is 1.33 bits per heavy atom. The Kier molecular flexibility index (Phi) is 19.8. The summed E-state index contributed by atoms with van der Waals surface area (Å²) in [6.07, 6.45) is 8.20. The summed E-state index contributed by atoms with van der Waals surface area (Å²) in [7, 11) is 0. The summed E-state index contributed by atoms with van der Waals surface area (Å²) in [4.78, 5) is 31.2. The number of hydrogen-bond acceptors (Lipinski definition) is 3. The standard InChI is InChI=1S/C31H38N2O2.C3H8.2C2H6/c1-6-14-27-28(20-13-19-26(34)21-22-31(3,4)5)32-23(2)33(30(27)35)29(24-15-9-7-10-16-24)25-17-11-8-12-18-25;1-3-2;2*1-2/h7-12,15-18,21-22,29H,6,13-14,19-20H2,1-5H3;3H2,1-2H3;2*1-2H3/b22-21-;;;. The van der Waals surface area contributed by atoms with Gasteiger partial charge in [0.05, 0.1) is 11.7 Å². The van der Waals surface area contributed by atoms with Crippen LogP contribution >= 0.6 is 0 Å². The molecule has 0 radical (unpaired) electrons. The van der Waals surface area contributed by atoms with Crippen LogP contribution in [0, 0.1) is 12.3 Å². The zero-order chi connectivity index (χ0) is 32.1. The van der Waals surface area contributed by atoms with E-state index in [-0.39, 0.29) is 22.8 Å². The van der Waals surface area contributed by atoms with Crippen LogP contribution in [0.25, 0.3) is 0 Å². The number of hydrogen-bond donors (Lipinski definition) is 0. The van der Waals surface area contributed by atoms with Crippen LogP contribution in [0.1, 0.15) is 129 Å². The number of aryl methyl sites for hydroxylation is 2. The molecule has 0 fully saturated rings. The SMILES string of the molecule is CC.CC.CCC.CCCc1c(CCCC(=O)/C=C\C(C)(C)C)nc(C)n(C(c2ccccc2)c2ccccc2)c1=O. The van der Waals surface area contributed by atoms with Crippen molar-refractivity contribution in [2.75, 3.05) is 0 Å². The van der Waals surface area contributed by atoms with Crippen molar-refractivity contribution >= 4 is 5.78 Å². The molecule has 0 saturated carbocycles. The molecule has 0 amide bonds. The van der Waals surface area contributed by atoms with Crippen LogP contribution in [0.15, 0.2) is 77.6 Å². The first-order chi connectivity index (χ1) is 20.1. The minimum atomic E-state index is -0.244. The lowest BCUT2D eigenvalue weighted by Crippen LogP contribution is -2.33. The van der Waals surface area contributed by atoms with E-state index >= 15 is 0 Å². The highest BCUT2D eigenvalue weighted by Gasteiger charge is 2.23. The predicted octanol–water partition coefficient (Wildman–Crippen LogP) is 10.1. The Bertz CT molecular complexity index is 1180. The van der Waals surface area contributed by atoms with Crippen molar-refractivity contribution in [3.8, 4) is 0 Å². The first-order valence-corrected chi connectivity index (χ1v) is 16.1. The first kappa shape index (κ1) is 38.7. The van der Waals surface area contributed by atoms with Gasteiger partial charge in [-0.15, -0.1) is 0 Å². The fourth-order valence-corrected chi connectivity index (χ4v) is 4.36. The quantitative estimate of drug-likeness (QED) is 0.226. The molecule has 1 aromatic heterocycles. The zero-order valence-corrected chi connectivity index (χ0v) is 28.5. The van der Waals surface area contributed by atoms with Gasteiger partial charge in [0.1, 0.15) is 5.82 Å². The number of carbonyl (C=O) groups excluding carboxylic acids is 1. The number of allylic oxidation sites excluding steroid dienone is 2. The largest absolute Gasteiger partial charge is 0.295 e. The lowest BCUT2D eigenvalue weighted by atomic mass is 9.95. The molecule has 0 bridgehead atoms. The molecule has 0 unspecified atom stereocenters. The molecule has 0 saturated heterocycles. The van der Waals surface area contributed by atoms with E-state index in [2.05, 4.69) is 65.8 Å². The fraction of sp³-hybridized carbons (Fsp3) is 0.500. The van der Waals surface area contributed by atoms with Crippen LogP contribution in [0.5, 0.6) is 0 Å². The minimum Gasteiger partial charge on any atom is -0.295 e.